The number of para-hydroxylation sites is 1. The molecule has 3 aromatic rings. The smallest absolute Gasteiger partial charge is 0.137 e. The van der Waals surface area contributed by atoms with Gasteiger partial charge in [-0.2, -0.15) is 5.10 Å². The van der Waals surface area contributed by atoms with Crippen LogP contribution in [0.25, 0.3) is 0 Å². The Kier molecular flexibility index (Phi) is 4.93. The number of benzene rings is 2. The van der Waals surface area contributed by atoms with Crippen molar-refractivity contribution in [2.24, 2.45) is 0 Å². The number of rotatable bonds is 6. The van der Waals surface area contributed by atoms with Gasteiger partial charge in [0.05, 0.1) is 22.8 Å². The molecule has 0 aliphatic heterocycles. The van der Waals surface area contributed by atoms with Crippen LogP contribution < -0.4 is 5.32 Å². The average molecular weight is 327 g/mol. The van der Waals surface area contributed by atoms with E-state index in [1.807, 2.05) is 47.1 Å². The maximum Gasteiger partial charge on any atom is 0.137 e. The Morgan fingerprint density at radius 3 is 2.48 bits per heavy atom. The van der Waals surface area contributed by atoms with E-state index in [4.69, 9.17) is 11.6 Å². The molecule has 2 aromatic carbocycles. The van der Waals surface area contributed by atoms with Gasteiger partial charge >= 0.3 is 0 Å². The minimum absolute atomic E-state index is 0.0443. The average Bonchev–Trinajstić information content (AvgIpc) is 3.11. The number of halogens is 1. The molecule has 0 saturated heterocycles. The van der Waals surface area contributed by atoms with Gasteiger partial charge in [-0.3, -0.25) is 0 Å². The van der Waals surface area contributed by atoms with Crippen LogP contribution in [0.3, 0.4) is 0 Å². The summed E-state index contributed by atoms with van der Waals surface area (Å²) in [6.45, 7) is 2.15. The number of nitrogens with zero attached hydrogens (tertiary/aromatic N) is 3. The van der Waals surface area contributed by atoms with Crippen LogP contribution in [0.1, 0.15) is 31.0 Å². The van der Waals surface area contributed by atoms with Crippen LogP contribution in [0, 0.1) is 0 Å². The van der Waals surface area contributed by atoms with Crippen molar-refractivity contribution in [1.82, 2.24) is 14.8 Å². The Morgan fingerprint density at radius 2 is 1.83 bits per heavy atom. The highest BCUT2D eigenvalue weighted by Gasteiger charge is 2.24. The SMILES string of the molecule is CCC(C(Nc1ccccc1Cl)c1ccccc1)n1cncn1. The number of nitrogens with one attached hydrogen (secondary N) is 1. The minimum Gasteiger partial charge on any atom is -0.375 e. The summed E-state index contributed by atoms with van der Waals surface area (Å²) < 4.78 is 1.90. The monoisotopic (exact) mass is 326 g/mol. The molecule has 3 rings (SSSR count). The van der Waals surface area contributed by atoms with Crippen molar-refractivity contribution < 1.29 is 0 Å². The lowest BCUT2D eigenvalue weighted by molar-refractivity contribution is 0.388. The van der Waals surface area contributed by atoms with Gasteiger partial charge in [0.2, 0.25) is 0 Å². The molecule has 2 unspecified atom stereocenters. The number of anilines is 1. The normalized spacial score (nSPS) is 13.5. The van der Waals surface area contributed by atoms with Gasteiger partial charge in [0.1, 0.15) is 12.7 Å². The molecule has 4 nitrogen and oxygen atoms in total. The molecule has 0 aliphatic carbocycles. The predicted molar refractivity (Wildman–Crippen MR) is 93.6 cm³/mol. The number of aromatic nitrogens is 3. The second kappa shape index (κ2) is 7.29. The Labute approximate surface area is 141 Å². The zero-order valence-corrected chi connectivity index (χ0v) is 13.7. The summed E-state index contributed by atoms with van der Waals surface area (Å²) in [6.07, 6.45) is 4.25. The molecule has 0 spiro atoms. The summed E-state index contributed by atoms with van der Waals surface area (Å²) in [5.41, 5.74) is 2.11. The van der Waals surface area contributed by atoms with Gasteiger partial charge in [-0.25, -0.2) is 9.67 Å². The first-order chi connectivity index (χ1) is 11.3. The largest absolute Gasteiger partial charge is 0.375 e. The van der Waals surface area contributed by atoms with Crippen molar-refractivity contribution >= 4 is 17.3 Å². The van der Waals surface area contributed by atoms with E-state index in [1.165, 1.54) is 5.56 Å². The minimum atomic E-state index is 0.0443. The highest BCUT2D eigenvalue weighted by molar-refractivity contribution is 6.33. The van der Waals surface area contributed by atoms with Crippen molar-refractivity contribution in [1.29, 1.82) is 0 Å². The van der Waals surface area contributed by atoms with Crippen molar-refractivity contribution in [2.75, 3.05) is 5.32 Å². The van der Waals surface area contributed by atoms with Crippen LogP contribution in [0.2, 0.25) is 5.02 Å². The van der Waals surface area contributed by atoms with E-state index in [-0.39, 0.29) is 12.1 Å². The lowest BCUT2D eigenvalue weighted by atomic mass is 9.97. The topological polar surface area (TPSA) is 42.7 Å². The molecule has 0 fully saturated rings. The van der Waals surface area contributed by atoms with E-state index in [0.717, 1.165) is 12.1 Å². The van der Waals surface area contributed by atoms with Crippen LogP contribution >= 0.6 is 11.6 Å². The third kappa shape index (κ3) is 3.54. The standard InChI is InChI=1S/C18H19ClN4/c1-2-17(23-13-20-12-21-23)18(14-8-4-3-5-9-14)22-16-11-7-6-10-15(16)19/h3-13,17-18,22H,2H2,1H3. The Bertz CT molecular complexity index is 728. The molecule has 1 aromatic heterocycles. The summed E-state index contributed by atoms with van der Waals surface area (Å²) >= 11 is 6.33. The molecule has 1 N–H and O–H groups in total. The maximum atomic E-state index is 6.33. The molecule has 5 heteroatoms. The van der Waals surface area contributed by atoms with Gasteiger partial charge in [0.15, 0.2) is 0 Å². The molecular formula is C18H19ClN4. The van der Waals surface area contributed by atoms with E-state index >= 15 is 0 Å². The van der Waals surface area contributed by atoms with Crippen LogP contribution in [-0.4, -0.2) is 14.8 Å². The maximum absolute atomic E-state index is 6.33. The molecule has 118 valence electrons. The van der Waals surface area contributed by atoms with Crippen molar-refractivity contribution in [2.45, 2.75) is 25.4 Å². The third-order valence-electron chi connectivity index (χ3n) is 3.92. The second-order valence-electron chi connectivity index (χ2n) is 5.36. The molecule has 0 aliphatic rings. The quantitative estimate of drug-likeness (QED) is 0.711. The number of hydrogen-bond donors (Lipinski definition) is 1. The van der Waals surface area contributed by atoms with E-state index in [0.29, 0.717) is 5.02 Å². The highest BCUT2D eigenvalue weighted by atomic mass is 35.5. The van der Waals surface area contributed by atoms with Gasteiger partial charge in [-0.1, -0.05) is 61.0 Å². The fourth-order valence-electron chi connectivity index (χ4n) is 2.77. The molecule has 2 atom stereocenters. The number of hydrogen-bond acceptors (Lipinski definition) is 3. The zero-order valence-electron chi connectivity index (χ0n) is 12.9. The first-order valence-electron chi connectivity index (χ1n) is 7.69. The lowest BCUT2D eigenvalue weighted by Gasteiger charge is -2.29. The van der Waals surface area contributed by atoms with Crippen LogP contribution in [0.5, 0.6) is 0 Å². The predicted octanol–water partition coefficient (Wildman–Crippen LogP) is 4.74. The third-order valence-corrected chi connectivity index (χ3v) is 4.25. The van der Waals surface area contributed by atoms with Gasteiger partial charge in [0, 0.05) is 0 Å². The van der Waals surface area contributed by atoms with Crippen LogP contribution in [0.15, 0.2) is 67.3 Å². The molecule has 0 saturated carbocycles. The Morgan fingerprint density at radius 1 is 1.09 bits per heavy atom. The van der Waals surface area contributed by atoms with Gasteiger partial charge in [-0.05, 0) is 24.1 Å². The van der Waals surface area contributed by atoms with E-state index < -0.39 is 0 Å². The molecule has 0 bridgehead atoms. The summed E-state index contributed by atoms with van der Waals surface area (Å²) in [6, 6.07) is 18.3. The summed E-state index contributed by atoms with van der Waals surface area (Å²) in [5, 5.41) is 8.62. The van der Waals surface area contributed by atoms with Crippen molar-refractivity contribution in [3.05, 3.63) is 77.8 Å². The summed E-state index contributed by atoms with van der Waals surface area (Å²) in [4.78, 5) is 4.09. The second-order valence-corrected chi connectivity index (χ2v) is 5.77. The summed E-state index contributed by atoms with van der Waals surface area (Å²) in [5.74, 6) is 0. The molecular weight excluding hydrogens is 308 g/mol. The molecule has 1 heterocycles. The van der Waals surface area contributed by atoms with E-state index in [2.05, 4.69) is 34.5 Å². The van der Waals surface area contributed by atoms with Crippen LogP contribution in [-0.2, 0) is 0 Å². The van der Waals surface area contributed by atoms with Gasteiger partial charge in [0.25, 0.3) is 0 Å². The first kappa shape index (κ1) is 15.6. The Balaban J connectivity index is 1.98. The zero-order chi connectivity index (χ0) is 16.1. The van der Waals surface area contributed by atoms with Gasteiger partial charge < -0.3 is 5.32 Å². The van der Waals surface area contributed by atoms with Gasteiger partial charge in [-0.15, -0.1) is 0 Å². The van der Waals surface area contributed by atoms with Crippen LogP contribution in [0.4, 0.5) is 5.69 Å². The fourth-order valence-corrected chi connectivity index (χ4v) is 2.96. The molecule has 23 heavy (non-hydrogen) atoms. The first-order valence-corrected chi connectivity index (χ1v) is 8.07. The van der Waals surface area contributed by atoms with E-state index in [1.54, 1.807) is 12.7 Å². The highest BCUT2D eigenvalue weighted by Crippen LogP contribution is 2.34. The van der Waals surface area contributed by atoms with Crippen molar-refractivity contribution in [3.63, 3.8) is 0 Å². The van der Waals surface area contributed by atoms with E-state index in [9.17, 15) is 0 Å². The lowest BCUT2D eigenvalue weighted by Crippen LogP contribution is -2.24. The summed E-state index contributed by atoms with van der Waals surface area (Å²) in [7, 11) is 0. The molecule has 0 amide bonds. The molecule has 0 radical (unpaired) electrons. The fraction of sp³-hybridized carbons (Fsp3) is 0.222. The van der Waals surface area contributed by atoms with Crippen molar-refractivity contribution in [3.8, 4) is 0 Å². The Hall–Kier alpha value is -2.33.